The zero-order valence-electron chi connectivity index (χ0n) is 14.7. The summed E-state index contributed by atoms with van der Waals surface area (Å²) in [5.74, 6) is -0.407. The highest BCUT2D eigenvalue weighted by molar-refractivity contribution is 6.30. The highest BCUT2D eigenvalue weighted by Crippen LogP contribution is 2.48. The van der Waals surface area contributed by atoms with Crippen LogP contribution in [-0.2, 0) is 4.79 Å². The molecule has 4 rings (SSSR count). The van der Waals surface area contributed by atoms with Crippen LogP contribution in [0.5, 0.6) is 11.5 Å². The SMILES string of the molecule is CC(=O)[C@H](C(=O)c1ccccc1)[C@H]1c2ccccc2Oc2ccc(Cl)cc21. The summed E-state index contributed by atoms with van der Waals surface area (Å²) in [5, 5.41) is 0.538. The van der Waals surface area contributed by atoms with E-state index in [9.17, 15) is 9.59 Å². The molecule has 134 valence electrons. The van der Waals surface area contributed by atoms with Gasteiger partial charge in [0, 0.05) is 27.6 Å². The van der Waals surface area contributed by atoms with Gasteiger partial charge in [-0.15, -0.1) is 0 Å². The second-order valence-electron chi connectivity index (χ2n) is 6.62. The van der Waals surface area contributed by atoms with Crippen molar-refractivity contribution in [2.75, 3.05) is 0 Å². The number of carbonyl (C=O) groups is 2. The van der Waals surface area contributed by atoms with Crippen molar-refractivity contribution in [1.82, 2.24) is 0 Å². The second kappa shape index (κ2) is 7.01. The smallest absolute Gasteiger partial charge is 0.174 e. The van der Waals surface area contributed by atoms with Crippen LogP contribution in [0.1, 0.15) is 34.3 Å². The first-order chi connectivity index (χ1) is 13.1. The highest BCUT2D eigenvalue weighted by atomic mass is 35.5. The number of halogens is 1. The van der Waals surface area contributed by atoms with Gasteiger partial charge in [-0.3, -0.25) is 9.59 Å². The Balaban J connectivity index is 1.91. The van der Waals surface area contributed by atoms with Gasteiger partial charge in [0.2, 0.25) is 0 Å². The molecule has 0 unspecified atom stereocenters. The Labute approximate surface area is 162 Å². The van der Waals surface area contributed by atoms with Crippen molar-refractivity contribution in [3.8, 4) is 11.5 Å². The predicted molar refractivity (Wildman–Crippen MR) is 105 cm³/mol. The molecule has 3 nitrogen and oxygen atoms in total. The molecule has 1 aliphatic rings. The first-order valence-electron chi connectivity index (χ1n) is 8.72. The Bertz CT molecular complexity index is 1030. The van der Waals surface area contributed by atoms with Gasteiger partial charge < -0.3 is 4.74 Å². The third-order valence-electron chi connectivity index (χ3n) is 4.89. The van der Waals surface area contributed by atoms with Crippen LogP contribution in [0, 0.1) is 5.92 Å². The molecular formula is C23H17ClO3. The Hall–Kier alpha value is -2.91. The lowest BCUT2D eigenvalue weighted by molar-refractivity contribution is -0.119. The van der Waals surface area contributed by atoms with E-state index < -0.39 is 11.8 Å². The van der Waals surface area contributed by atoms with Gasteiger partial charge in [0.1, 0.15) is 17.3 Å². The molecule has 0 saturated heterocycles. The lowest BCUT2D eigenvalue weighted by atomic mass is 9.74. The molecule has 27 heavy (non-hydrogen) atoms. The minimum Gasteiger partial charge on any atom is -0.457 e. The number of fused-ring (bicyclic) bond motifs is 2. The van der Waals surface area contributed by atoms with Crippen LogP contribution < -0.4 is 4.74 Å². The Kier molecular flexibility index (Phi) is 4.54. The molecule has 0 aliphatic carbocycles. The lowest BCUT2D eigenvalue weighted by Crippen LogP contribution is -2.31. The zero-order chi connectivity index (χ0) is 19.0. The quantitative estimate of drug-likeness (QED) is 0.435. The summed E-state index contributed by atoms with van der Waals surface area (Å²) in [4.78, 5) is 26.0. The van der Waals surface area contributed by atoms with E-state index in [0.29, 0.717) is 22.1 Å². The standard InChI is InChI=1S/C23H17ClO3/c1-14(25)21(23(26)15-7-3-2-4-8-15)22-17-9-5-6-10-19(17)27-20-12-11-16(24)13-18(20)22/h2-13,21-22H,1H3/t21-,22-/m0/s1. The number of para-hydroxylation sites is 1. The number of hydrogen-bond donors (Lipinski definition) is 0. The van der Waals surface area contributed by atoms with Crippen molar-refractivity contribution in [3.63, 3.8) is 0 Å². The van der Waals surface area contributed by atoms with Crippen molar-refractivity contribution in [3.05, 3.63) is 94.5 Å². The Morgan fingerprint density at radius 3 is 2.30 bits per heavy atom. The van der Waals surface area contributed by atoms with Gasteiger partial charge in [0.05, 0.1) is 5.92 Å². The van der Waals surface area contributed by atoms with Crippen LogP contribution in [-0.4, -0.2) is 11.6 Å². The molecule has 0 fully saturated rings. The van der Waals surface area contributed by atoms with E-state index in [1.165, 1.54) is 6.92 Å². The monoisotopic (exact) mass is 376 g/mol. The normalized spacial score (nSPS) is 15.9. The first kappa shape index (κ1) is 17.5. The molecule has 0 N–H and O–H groups in total. The molecular weight excluding hydrogens is 360 g/mol. The number of carbonyl (C=O) groups excluding carboxylic acids is 2. The van der Waals surface area contributed by atoms with Crippen molar-refractivity contribution < 1.29 is 14.3 Å². The van der Waals surface area contributed by atoms with Gasteiger partial charge in [0.25, 0.3) is 0 Å². The fraction of sp³-hybridized carbons (Fsp3) is 0.130. The van der Waals surface area contributed by atoms with Crippen LogP contribution in [0.15, 0.2) is 72.8 Å². The fourth-order valence-electron chi connectivity index (χ4n) is 3.68. The second-order valence-corrected chi connectivity index (χ2v) is 7.05. The fourth-order valence-corrected chi connectivity index (χ4v) is 3.86. The summed E-state index contributed by atoms with van der Waals surface area (Å²) < 4.78 is 6.00. The molecule has 0 amide bonds. The zero-order valence-corrected chi connectivity index (χ0v) is 15.4. The van der Waals surface area contributed by atoms with Gasteiger partial charge in [0.15, 0.2) is 5.78 Å². The minimum atomic E-state index is -0.852. The summed E-state index contributed by atoms with van der Waals surface area (Å²) in [5.41, 5.74) is 2.09. The summed E-state index contributed by atoms with van der Waals surface area (Å²) in [6.45, 7) is 1.47. The summed E-state index contributed by atoms with van der Waals surface area (Å²) in [7, 11) is 0. The van der Waals surface area contributed by atoms with Crippen molar-refractivity contribution in [2.45, 2.75) is 12.8 Å². The number of ether oxygens (including phenoxy) is 1. The molecule has 0 bridgehead atoms. The third-order valence-corrected chi connectivity index (χ3v) is 5.13. The Morgan fingerprint density at radius 2 is 1.56 bits per heavy atom. The van der Waals surface area contributed by atoms with Crippen molar-refractivity contribution >= 4 is 23.2 Å². The van der Waals surface area contributed by atoms with Crippen molar-refractivity contribution in [2.24, 2.45) is 5.92 Å². The number of rotatable bonds is 4. The van der Waals surface area contributed by atoms with Gasteiger partial charge in [-0.2, -0.15) is 0 Å². The topological polar surface area (TPSA) is 43.4 Å². The first-order valence-corrected chi connectivity index (χ1v) is 9.10. The van der Waals surface area contributed by atoms with Gasteiger partial charge in [-0.05, 0) is 31.2 Å². The maximum atomic E-state index is 13.3. The minimum absolute atomic E-state index is 0.184. The summed E-state index contributed by atoms with van der Waals surface area (Å²) >= 11 is 6.22. The number of hydrogen-bond acceptors (Lipinski definition) is 3. The van der Waals surface area contributed by atoms with E-state index >= 15 is 0 Å². The molecule has 1 aliphatic heterocycles. The lowest BCUT2D eigenvalue weighted by Gasteiger charge is -2.32. The number of ketones is 2. The molecule has 0 radical (unpaired) electrons. The molecule has 0 saturated carbocycles. The van der Waals surface area contributed by atoms with Crippen LogP contribution in [0.25, 0.3) is 0 Å². The largest absolute Gasteiger partial charge is 0.457 e. The molecule has 2 atom stereocenters. The van der Waals surface area contributed by atoms with E-state index in [1.54, 1.807) is 42.5 Å². The third kappa shape index (κ3) is 3.15. The van der Waals surface area contributed by atoms with E-state index in [2.05, 4.69) is 0 Å². The van der Waals surface area contributed by atoms with Crippen LogP contribution in [0.4, 0.5) is 0 Å². The number of Topliss-reactive ketones (excluding diaryl/α,β-unsaturated/α-hetero) is 2. The van der Waals surface area contributed by atoms with Gasteiger partial charge in [-0.25, -0.2) is 0 Å². The average Bonchev–Trinajstić information content (AvgIpc) is 2.68. The summed E-state index contributed by atoms with van der Waals surface area (Å²) in [6, 6.07) is 21.7. The molecule has 1 heterocycles. The molecule has 4 heteroatoms. The van der Waals surface area contributed by atoms with Gasteiger partial charge in [-0.1, -0.05) is 60.1 Å². The molecule has 0 spiro atoms. The van der Waals surface area contributed by atoms with Crippen molar-refractivity contribution in [1.29, 1.82) is 0 Å². The maximum Gasteiger partial charge on any atom is 0.174 e. The molecule has 0 aromatic heterocycles. The molecule has 3 aromatic rings. The van der Waals surface area contributed by atoms with E-state index in [1.807, 2.05) is 30.3 Å². The van der Waals surface area contributed by atoms with Crippen LogP contribution in [0.3, 0.4) is 0 Å². The predicted octanol–water partition coefficient (Wildman–Crippen LogP) is 5.67. The van der Waals surface area contributed by atoms with Gasteiger partial charge >= 0.3 is 0 Å². The van der Waals surface area contributed by atoms with Crippen LogP contribution in [0.2, 0.25) is 5.02 Å². The Morgan fingerprint density at radius 1 is 0.889 bits per heavy atom. The highest BCUT2D eigenvalue weighted by Gasteiger charge is 2.40. The van der Waals surface area contributed by atoms with E-state index in [4.69, 9.17) is 16.3 Å². The van der Waals surface area contributed by atoms with E-state index in [0.717, 1.165) is 11.1 Å². The van der Waals surface area contributed by atoms with Crippen LogP contribution >= 0.6 is 11.6 Å². The number of benzene rings is 3. The average molecular weight is 377 g/mol. The maximum absolute atomic E-state index is 13.3. The summed E-state index contributed by atoms with van der Waals surface area (Å²) in [6.07, 6.45) is 0. The van der Waals surface area contributed by atoms with E-state index in [-0.39, 0.29) is 11.6 Å². The molecule has 3 aromatic carbocycles.